The molecule has 0 fully saturated rings. The van der Waals surface area contributed by atoms with Crippen molar-refractivity contribution in [2.75, 3.05) is 13.1 Å². The van der Waals surface area contributed by atoms with Crippen molar-refractivity contribution >= 4 is 11.6 Å². The number of carbonyl (C=O) groups excluding carboxylic acids is 1. The third-order valence-electron chi connectivity index (χ3n) is 5.24. The molecule has 29 heavy (non-hydrogen) atoms. The molecule has 2 heterocycles. The molecular formula is C24H24FN3O. The summed E-state index contributed by atoms with van der Waals surface area (Å²) >= 11 is 0. The van der Waals surface area contributed by atoms with Crippen LogP contribution in [0, 0.1) is 5.82 Å². The summed E-state index contributed by atoms with van der Waals surface area (Å²) < 4.78 is 13.6. The van der Waals surface area contributed by atoms with E-state index in [0.717, 1.165) is 22.4 Å². The van der Waals surface area contributed by atoms with E-state index in [-0.39, 0.29) is 23.3 Å². The number of benzene rings is 2. The molecule has 0 bridgehead atoms. The lowest BCUT2D eigenvalue weighted by atomic mass is 9.91. The Morgan fingerprint density at radius 1 is 1.21 bits per heavy atom. The van der Waals surface area contributed by atoms with Gasteiger partial charge in [-0.2, -0.15) is 0 Å². The molecule has 0 radical (unpaired) electrons. The Labute approximate surface area is 170 Å². The minimum Gasteiger partial charge on any atom is -0.373 e. The van der Waals surface area contributed by atoms with E-state index < -0.39 is 0 Å². The van der Waals surface area contributed by atoms with Gasteiger partial charge in [-0.25, -0.2) is 4.39 Å². The minimum atomic E-state index is -0.371. The highest BCUT2D eigenvalue weighted by molar-refractivity contribution is 6.19. The van der Waals surface area contributed by atoms with E-state index in [1.165, 1.54) is 12.1 Å². The molecule has 2 aliphatic heterocycles. The molecule has 2 aliphatic rings. The lowest BCUT2D eigenvalue weighted by molar-refractivity contribution is -0.127. The first-order valence-electron chi connectivity index (χ1n) is 9.71. The molecule has 2 aromatic rings. The summed E-state index contributed by atoms with van der Waals surface area (Å²) in [5.41, 5.74) is 3.63. The van der Waals surface area contributed by atoms with E-state index in [1.54, 1.807) is 23.1 Å². The third-order valence-corrected chi connectivity index (χ3v) is 5.24. The summed E-state index contributed by atoms with van der Waals surface area (Å²) in [6, 6.07) is 15.9. The molecule has 4 nitrogen and oxygen atoms in total. The van der Waals surface area contributed by atoms with E-state index in [2.05, 4.69) is 11.9 Å². The molecule has 1 atom stereocenters. The molecule has 0 spiro atoms. The molecule has 1 N–H and O–H groups in total. The molecule has 1 unspecified atom stereocenters. The molecule has 2 aromatic carbocycles. The zero-order chi connectivity index (χ0) is 20.6. The van der Waals surface area contributed by atoms with Crippen LogP contribution in [-0.2, 0) is 4.79 Å². The number of carbonyl (C=O) groups is 1. The number of amides is 1. The molecule has 0 saturated heterocycles. The number of rotatable bonds is 4. The van der Waals surface area contributed by atoms with Crippen LogP contribution >= 0.6 is 0 Å². The van der Waals surface area contributed by atoms with Gasteiger partial charge in [0, 0.05) is 17.7 Å². The highest BCUT2D eigenvalue weighted by Crippen LogP contribution is 2.41. The average molecular weight is 389 g/mol. The number of nitrogens with one attached hydrogen (secondary N) is 1. The number of halogens is 1. The van der Waals surface area contributed by atoms with Gasteiger partial charge in [-0.15, -0.1) is 6.58 Å². The van der Waals surface area contributed by atoms with Gasteiger partial charge in [0.05, 0.1) is 23.8 Å². The van der Waals surface area contributed by atoms with Crippen LogP contribution in [0.5, 0.6) is 0 Å². The Morgan fingerprint density at radius 3 is 2.55 bits per heavy atom. The summed E-state index contributed by atoms with van der Waals surface area (Å²) in [6.45, 7) is 8.81. The zero-order valence-electron chi connectivity index (χ0n) is 16.7. The number of hydrogen-bond donors (Lipinski definition) is 1. The fraction of sp³-hybridized carbons (Fsp3) is 0.250. The molecule has 148 valence electrons. The third kappa shape index (κ3) is 3.48. The van der Waals surface area contributed by atoms with Crippen molar-refractivity contribution in [2.45, 2.75) is 25.4 Å². The molecule has 0 aliphatic carbocycles. The first-order chi connectivity index (χ1) is 13.9. The Kier molecular flexibility index (Phi) is 4.82. The van der Waals surface area contributed by atoms with Crippen LogP contribution in [0.15, 0.2) is 83.5 Å². The van der Waals surface area contributed by atoms with Crippen LogP contribution in [-0.4, -0.2) is 35.1 Å². The zero-order valence-corrected chi connectivity index (χ0v) is 16.7. The summed E-state index contributed by atoms with van der Waals surface area (Å²) in [5.74, 6) is -0.396. The number of nitrogens with zero attached hydrogens (tertiary/aromatic N) is 2. The molecular weight excluding hydrogens is 365 g/mol. The summed E-state index contributed by atoms with van der Waals surface area (Å²) in [6.07, 6.45) is 1.71. The van der Waals surface area contributed by atoms with Gasteiger partial charge in [0.2, 0.25) is 0 Å². The predicted octanol–water partition coefficient (Wildman–Crippen LogP) is 4.02. The minimum absolute atomic E-state index is 0.0900. The molecule has 0 aromatic heterocycles. The van der Waals surface area contributed by atoms with Crippen molar-refractivity contribution in [3.63, 3.8) is 0 Å². The monoisotopic (exact) mass is 389 g/mol. The predicted molar refractivity (Wildman–Crippen MR) is 113 cm³/mol. The second-order valence-corrected chi connectivity index (χ2v) is 8.03. The number of hydrogen-bond acceptors (Lipinski definition) is 3. The van der Waals surface area contributed by atoms with Gasteiger partial charge >= 0.3 is 0 Å². The quantitative estimate of drug-likeness (QED) is 0.803. The lowest BCUT2D eigenvalue weighted by Gasteiger charge is -2.28. The largest absolute Gasteiger partial charge is 0.373 e. The van der Waals surface area contributed by atoms with E-state index in [1.807, 2.05) is 44.2 Å². The average Bonchev–Trinajstić information content (AvgIpc) is 2.87. The fourth-order valence-corrected chi connectivity index (χ4v) is 3.94. The first-order valence-corrected chi connectivity index (χ1v) is 9.71. The van der Waals surface area contributed by atoms with Crippen molar-refractivity contribution in [3.8, 4) is 0 Å². The van der Waals surface area contributed by atoms with E-state index in [4.69, 9.17) is 4.99 Å². The Hall–Kier alpha value is -3.21. The van der Waals surface area contributed by atoms with Crippen molar-refractivity contribution in [1.29, 1.82) is 0 Å². The Morgan fingerprint density at radius 2 is 1.90 bits per heavy atom. The van der Waals surface area contributed by atoms with Crippen LogP contribution < -0.4 is 5.32 Å². The van der Waals surface area contributed by atoms with Crippen molar-refractivity contribution in [2.24, 2.45) is 4.99 Å². The van der Waals surface area contributed by atoms with Gasteiger partial charge in [-0.05, 0) is 31.5 Å². The van der Waals surface area contributed by atoms with Crippen LogP contribution in [0.25, 0.3) is 0 Å². The second-order valence-electron chi connectivity index (χ2n) is 8.03. The van der Waals surface area contributed by atoms with Gasteiger partial charge in [-0.1, -0.05) is 48.5 Å². The van der Waals surface area contributed by atoms with Crippen LogP contribution in [0.1, 0.15) is 31.0 Å². The smallest absolute Gasteiger partial charge is 0.271 e. The molecule has 0 saturated carbocycles. The van der Waals surface area contributed by atoms with Crippen molar-refractivity contribution in [3.05, 3.63) is 95.5 Å². The first kappa shape index (κ1) is 19.1. The van der Waals surface area contributed by atoms with E-state index in [0.29, 0.717) is 18.8 Å². The number of aliphatic imine (C=N–C) groups is 1. The maximum atomic E-state index is 13.6. The lowest BCUT2D eigenvalue weighted by Crippen LogP contribution is -2.44. The van der Waals surface area contributed by atoms with Gasteiger partial charge < -0.3 is 10.2 Å². The SMILES string of the molecule is C=CCN1C(=O)C2=C(C(c3ccccc3)=NCC(C)(C)N2)C1c1ccc(F)cc1. The maximum Gasteiger partial charge on any atom is 0.271 e. The van der Waals surface area contributed by atoms with Gasteiger partial charge in [0.15, 0.2) is 0 Å². The molecule has 1 amide bonds. The van der Waals surface area contributed by atoms with Crippen LogP contribution in [0.3, 0.4) is 0 Å². The highest BCUT2D eigenvalue weighted by atomic mass is 19.1. The summed E-state index contributed by atoms with van der Waals surface area (Å²) in [4.78, 5) is 20.1. The van der Waals surface area contributed by atoms with Gasteiger partial charge in [0.25, 0.3) is 5.91 Å². The summed E-state index contributed by atoms with van der Waals surface area (Å²) in [7, 11) is 0. The topological polar surface area (TPSA) is 44.7 Å². The van der Waals surface area contributed by atoms with Crippen molar-refractivity contribution < 1.29 is 9.18 Å². The fourth-order valence-electron chi connectivity index (χ4n) is 3.94. The maximum absolute atomic E-state index is 13.6. The van der Waals surface area contributed by atoms with Crippen LogP contribution in [0.2, 0.25) is 0 Å². The highest BCUT2D eigenvalue weighted by Gasteiger charge is 2.44. The van der Waals surface area contributed by atoms with Gasteiger partial charge in [0.1, 0.15) is 11.5 Å². The van der Waals surface area contributed by atoms with E-state index >= 15 is 0 Å². The normalized spacial score (nSPS) is 20.7. The van der Waals surface area contributed by atoms with Gasteiger partial charge in [-0.3, -0.25) is 9.79 Å². The Bertz CT molecular complexity index is 1010. The summed E-state index contributed by atoms with van der Waals surface area (Å²) in [5, 5.41) is 3.43. The van der Waals surface area contributed by atoms with Crippen LogP contribution in [0.4, 0.5) is 4.39 Å². The standard InChI is InChI=1S/C24H24FN3O/c1-4-14-28-22(17-10-12-18(25)13-11-17)19-20(16-8-6-5-7-9-16)26-15-24(2,3)27-21(19)23(28)29/h4-13,22,27H,1,14-15H2,2-3H3. The molecule has 4 rings (SSSR count). The van der Waals surface area contributed by atoms with E-state index in [9.17, 15) is 9.18 Å². The molecule has 5 heteroatoms. The second kappa shape index (κ2) is 7.32. The van der Waals surface area contributed by atoms with Crippen molar-refractivity contribution in [1.82, 2.24) is 10.2 Å². The Balaban J connectivity index is 1.94.